The van der Waals surface area contributed by atoms with Gasteiger partial charge in [-0.2, -0.15) is 5.26 Å². The zero-order chi connectivity index (χ0) is 13.9. The van der Waals surface area contributed by atoms with Crippen molar-refractivity contribution in [3.8, 4) is 6.07 Å². The molecule has 0 atom stereocenters. The van der Waals surface area contributed by atoms with Crippen LogP contribution in [0.3, 0.4) is 0 Å². The van der Waals surface area contributed by atoms with E-state index in [1.807, 2.05) is 0 Å². The first-order valence-electron chi connectivity index (χ1n) is 6.74. The van der Waals surface area contributed by atoms with Crippen LogP contribution in [0.5, 0.6) is 0 Å². The van der Waals surface area contributed by atoms with Crippen LogP contribution in [0.4, 0.5) is 0 Å². The van der Waals surface area contributed by atoms with E-state index in [2.05, 4.69) is 11.4 Å². The minimum Gasteiger partial charge on any atom is -0.383 e. The SMILES string of the molecule is COCCN(CCC#N)C(=O)COC1CCNCC1. The molecule has 1 fully saturated rings. The average Bonchev–Trinajstić information content (AvgIpc) is 2.46. The van der Waals surface area contributed by atoms with Crippen LogP contribution in [-0.2, 0) is 14.3 Å². The number of nitrogens with zero attached hydrogens (tertiary/aromatic N) is 2. The third kappa shape index (κ3) is 6.53. The second-order valence-electron chi connectivity index (χ2n) is 4.54. The van der Waals surface area contributed by atoms with Crippen molar-refractivity contribution in [2.45, 2.75) is 25.4 Å². The van der Waals surface area contributed by atoms with Crippen molar-refractivity contribution >= 4 is 5.91 Å². The second kappa shape index (κ2) is 9.73. The Morgan fingerprint density at radius 3 is 2.79 bits per heavy atom. The predicted molar refractivity (Wildman–Crippen MR) is 70.5 cm³/mol. The molecule has 0 aliphatic carbocycles. The molecule has 0 saturated carbocycles. The van der Waals surface area contributed by atoms with E-state index >= 15 is 0 Å². The molecular formula is C13H23N3O3. The van der Waals surface area contributed by atoms with Crippen LogP contribution in [0.2, 0.25) is 0 Å². The second-order valence-corrected chi connectivity index (χ2v) is 4.54. The van der Waals surface area contributed by atoms with E-state index in [1.165, 1.54) is 0 Å². The molecule has 6 heteroatoms. The summed E-state index contributed by atoms with van der Waals surface area (Å²) in [7, 11) is 1.60. The summed E-state index contributed by atoms with van der Waals surface area (Å²) in [6.07, 6.45) is 2.40. The number of piperidine rings is 1. The number of hydrogen-bond acceptors (Lipinski definition) is 5. The number of ether oxygens (including phenoxy) is 2. The number of hydrogen-bond donors (Lipinski definition) is 1. The first-order valence-corrected chi connectivity index (χ1v) is 6.74. The number of carbonyl (C=O) groups excluding carboxylic acids is 1. The van der Waals surface area contributed by atoms with E-state index in [-0.39, 0.29) is 18.6 Å². The summed E-state index contributed by atoms with van der Waals surface area (Å²) in [5.41, 5.74) is 0. The molecule has 1 rings (SSSR count). The minimum absolute atomic E-state index is 0.0640. The predicted octanol–water partition coefficient (Wildman–Crippen LogP) is 0.144. The van der Waals surface area contributed by atoms with Crippen molar-refractivity contribution in [3.05, 3.63) is 0 Å². The number of nitriles is 1. The van der Waals surface area contributed by atoms with Crippen LogP contribution < -0.4 is 5.32 Å². The summed E-state index contributed by atoms with van der Waals surface area (Å²) in [4.78, 5) is 13.7. The summed E-state index contributed by atoms with van der Waals surface area (Å²) < 4.78 is 10.6. The fourth-order valence-electron chi connectivity index (χ4n) is 1.99. The Labute approximate surface area is 114 Å². The summed E-state index contributed by atoms with van der Waals surface area (Å²) in [6.45, 7) is 3.41. The lowest BCUT2D eigenvalue weighted by atomic mass is 10.1. The van der Waals surface area contributed by atoms with Gasteiger partial charge in [0.05, 0.1) is 25.2 Å². The summed E-state index contributed by atoms with van der Waals surface area (Å²) in [6, 6.07) is 2.05. The van der Waals surface area contributed by atoms with Crippen molar-refractivity contribution < 1.29 is 14.3 Å². The van der Waals surface area contributed by atoms with Crippen LogP contribution in [0.1, 0.15) is 19.3 Å². The Kier molecular flexibility index (Phi) is 8.14. The van der Waals surface area contributed by atoms with Gasteiger partial charge >= 0.3 is 0 Å². The lowest BCUT2D eigenvalue weighted by Crippen LogP contribution is -2.39. The highest BCUT2D eigenvalue weighted by molar-refractivity contribution is 5.77. The summed E-state index contributed by atoms with van der Waals surface area (Å²) >= 11 is 0. The Hall–Kier alpha value is -1.16. The van der Waals surface area contributed by atoms with E-state index < -0.39 is 0 Å². The zero-order valence-corrected chi connectivity index (χ0v) is 11.6. The van der Waals surface area contributed by atoms with Crippen LogP contribution >= 0.6 is 0 Å². The maximum absolute atomic E-state index is 12.0. The quantitative estimate of drug-likeness (QED) is 0.678. The van der Waals surface area contributed by atoms with E-state index in [1.54, 1.807) is 12.0 Å². The summed E-state index contributed by atoms with van der Waals surface area (Å²) in [5, 5.41) is 11.9. The molecule has 0 aromatic heterocycles. The lowest BCUT2D eigenvalue weighted by molar-refractivity contribution is -0.139. The molecule has 108 valence electrons. The van der Waals surface area contributed by atoms with E-state index in [0.717, 1.165) is 25.9 Å². The molecule has 1 aliphatic heterocycles. The largest absolute Gasteiger partial charge is 0.383 e. The van der Waals surface area contributed by atoms with E-state index in [9.17, 15) is 4.79 Å². The molecule has 1 amide bonds. The molecule has 1 N–H and O–H groups in total. The molecule has 0 aromatic rings. The number of methoxy groups -OCH3 is 1. The first kappa shape index (κ1) is 15.9. The van der Waals surface area contributed by atoms with Crippen molar-refractivity contribution in [2.75, 3.05) is 46.5 Å². The number of nitrogens with one attached hydrogen (secondary N) is 1. The minimum atomic E-state index is -0.0640. The normalized spacial score (nSPS) is 16.0. The van der Waals surface area contributed by atoms with Gasteiger partial charge in [-0.15, -0.1) is 0 Å². The molecule has 6 nitrogen and oxygen atoms in total. The third-order valence-electron chi connectivity index (χ3n) is 3.14. The van der Waals surface area contributed by atoms with Gasteiger partial charge in [0, 0.05) is 20.2 Å². The molecular weight excluding hydrogens is 246 g/mol. The van der Waals surface area contributed by atoms with Crippen LogP contribution in [0, 0.1) is 11.3 Å². The first-order chi connectivity index (χ1) is 9.27. The van der Waals surface area contributed by atoms with Gasteiger partial charge in [-0.1, -0.05) is 0 Å². The number of carbonyl (C=O) groups is 1. The zero-order valence-electron chi connectivity index (χ0n) is 11.6. The monoisotopic (exact) mass is 269 g/mol. The molecule has 1 heterocycles. The van der Waals surface area contributed by atoms with E-state index in [4.69, 9.17) is 14.7 Å². The van der Waals surface area contributed by atoms with Gasteiger partial charge in [0.1, 0.15) is 6.61 Å². The highest BCUT2D eigenvalue weighted by Crippen LogP contribution is 2.07. The van der Waals surface area contributed by atoms with Crippen LogP contribution in [0.15, 0.2) is 0 Å². The van der Waals surface area contributed by atoms with Crippen molar-refractivity contribution in [3.63, 3.8) is 0 Å². The molecule has 0 spiro atoms. The van der Waals surface area contributed by atoms with Gasteiger partial charge in [0.15, 0.2) is 0 Å². The van der Waals surface area contributed by atoms with Gasteiger partial charge < -0.3 is 19.7 Å². The Bertz CT molecular complexity index is 298. The van der Waals surface area contributed by atoms with Crippen LogP contribution in [0.25, 0.3) is 0 Å². The number of rotatable bonds is 8. The third-order valence-corrected chi connectivity index (χ3v) is 3.14. The summed E-state index contributed by atoms with van der Waals surface area (Å²) in [5.74, 6) is -0.0640. The lowest BCUT2D eigenvalue weighted by Gasteiger charge is -2.25. The molecule has 1 aliphatic rings. The fourth-order valence-corrected chi connectivity index (χ4v) is 1.99. The molecule has 0 aromatic carbocycles. The van der Waals surface area contributed by atoms with Gasteiger partial charge in [-0.05, 0) is 25.9 Å². The van der Waals surface area contributed by atoms with Gasteiger partial charge in [0.2, 0.25) is 5.91 Å². The Balaban J connectivity index is 2.30. The van der Waals surface area contributed by atoms with Crippen molar-refractivity contribution in [1.82, 2.24) is 10.2 Å². The maximum atomic E-state index is 12.0. The van der Waals surface area contributed by atoms with E-state index in [0.29, 0.717) is 26.1 Å². The van der Waals surface area contributed by atoms with Crippen molar-refractivity contribution in [2.24, 2.45) is 0 Å². The molecule has 0 unspecified atom stereocenters. The van der Waals surface area contributed by atoms with Crippen LogP contribution in [-0.4, -0.2) is 63.4 Å². The molecule has 19 heavy (non-hydrogen) atoms. The molecule has 1 saturated heterocycles. The highest BCUT2D eigenvalue weighted by Gasteiger charge is 2.18. The number of amides is 1. The molecule has 0 radical (unpaired) electrons. The molecule has 0 bridgehead atoms. The maximum Gasteiger partial charge on any atom is 0.248 e. The smallest absolute Gasteiger partial charge is 0.248 e. The fraction of sp³-hybridized carbons (Fsp3) is 0.846. The van der Waals surface area contributed by atoms with Gasteiger partial charge in [-0.3, -0.25) is 4.79 Å². The van der Waals surface area contributed by atoms with Gasteiger partial charge in [-0.25, -0.2) is 0 Å². The Morgan fingerprint density at radius 1 is 1.42 bits per heavy atom. The van der Waals surface area contributed by atoms with Gasteiger partial charge in [0.25, 0.3) is 0 Å². The van der Waals surface area contributed by atoms with Crippen molar-refractivity contribution in [1.29, 1.82) is 5.26 Å². The average molecular weight is 269 g/mol. The highest BCUT2D eigenvalue weighted by atomic mass is 16.5. The standard InChI is InChI=1S/C13H23N3O3/c1-18-10-9-16(8-2-5-14)13(17)11-19-12-3-6-15-7-4-12/h12,15H,2-4,6-11H2,1H3. The topological polar surface area (TPSA) is 74.6 Å². The Morgan fingerprint density at radius 2 is 2.16 bits per heavy atom.